The lowest BCUT2D eigenvalue weighted by atomic mass is 10.1. The summed E-state index contributed by atoms with van der Waals surface area (Å²) in [4.78, 5) is 19.3. The van der Waals surface area contributed by atoms with Crippen LogP contribution in [0.15, 0.2) is 16.3 Å². The number of aromatic nitrogens is 6. The lowest BCUT2D eigenvalue weighted by Gasteiger charge is -2.12. The predicted molar refractivity (Wildman–Crippen MR) is 96.1 cm³/mol. The number of nitrogens with zero attached hydrogens (tertiary/aromatic N) is 6. The normalized spacial score (nSPS) is 13.7. The van der Waals surface area contributed by atoms with Gasteiger partial charge in [-0.1, -0.05) is 11.8 Å². The Morgan fingerprint density at radius 1 is 1.46 bits per heavy atom. The zero-order valence-electron chi connectivity index (χ0n) is 12.9. The van der Waals surface area contributed by atoms with Gasteiger partial charge in [0.2, 0.25) is 5.16 Å². The maximum absolute atomic E-state index is 12.8. The highest BCUT2D eigenvalue weighted by atomic mass is 35.5. The smallest absolute Gasteiger partial charge is 0.262 e. The van der Waals surface area contributed by atoms with Crippen LogP contribution in [0.2, 0.25) is 0 Å². The minimum atomic E-state index is 0. The van der Waals surface area contributed by atoms with Crippen LogP contribution in [-0.2, 0) is 26.6 Å². The molecule has 0 saturated heterocycles. The van der Waals surface area contributed by atoms with Crippen LogP contribution < -0.4 is 10.9 Å². The van der Waals surface area contributed by atoms with Crippen molar-refractivity contribution in [3.8, 4) is 0 Å². The summed E-state index contributed by atoms with van der Waals surface area (Å²) >= 11 is 3.15. The Hall–Kier alpha value is -1.49. The molecule has 0 unspecified atom stereocenters. The van der Waals surface area contributed by atoms with Crippen molar-refractivity contribution in [2.24, 2.45) is 7.05 Å². The van der Waals surface area contributed by atoms with E-state index in [9.17, 15) is 4.79 Å². The van der Waals surface area contributed by atoms with E-state index in [0.717, 1.165) is 40.6 Å². The molecule has 0 spiro atoms. The fraction of sp³-hybridized carbons (Fsp3) is 0.462. The number of hydrogen-bond donors (Lipinski definition) is 1. The summed E-state index contributed by atoms with van der Waals surface area (Å²) in [5.41, 5.74) is 1.24. The van der Waals surface area contributed by atoms with Gasteiger partial charge in [0.25, 0.3) is 5.56 Å². The first kappa shape index (κ1) is 17.3. The summed E-state index contributed by atoms with van der Waals surface area (Å²) in [5, 5.41) is 16.2. The first-order chi connectivity index (χ1) is 11.2. The summed E-state index contributed by atoms with van der Waals surface area (Å²) < 4.78 is 3.31. The monoisotopic (exact) mass is 385 g/mol. The maximum atomic E-state index is 12.8. The van der Waals surface area contributed by atoms with Gasteiger partial charge in [0.05, 0.1) is 11.7 Å². The molecule has 0 radical (unpaired) electrons. The Balaban J connectivity index is 0.00000169. The molecule has 24 heavy (non-hydrogen) atoms. The van der Waals surface area contributed by atoms with Crippen LogP contribution in [0.5, 0.6) is 0 Å². The van der Waals surface area contributed by atoms with Crippen LogP contribution in [0, 0.1) is 0 Å². The van der Waals surface area contributed by atoms with Gasteiger partial charge >= 0.3 is 0 Å². The standard InChI is InChI=1S/C13H15N7OS2.ClH/c1-19-13(16-17-18-19)22-5-4-20-7-15-11-10(12(20)21)8-2-3-14-6-9(8)23-11;/h7,14H,2-6H2,1H3;1H. The molecule has 1 aliphatic heterocycles. The molecule has 8 nitrogen and oxygen atoms in total. The minimum absolute atomic E-state index is 0. The molecule has 0 aliphatic carbocycles. The summed E-state index contributed by atoms with van der Waals surface area (Å²) in [6, 6.07) is 0. The molecule has 0 bridgehead atoms. The van der Waals surface area contributed by atoms with Crippen molar-refractivity contribution in [2.75, 3.05) is 12.3 Å². The van der Waals surface area contributed by atoms with E-state index >= 15 is 0 Å². The van der Waals surface area contributed by atoms with Crippen LogP contribution in [0.4, 0.5) is 0 Å². The largest absolute Gasteiger partial charge is 0.312 e. The van der Waals surface area contributed by atoms with E-state index in [1.54, 1.807) is 34.0 Å². The summed E-state index contributed by atoms with van der Waals surface area (Å²) in [6.45, 7) is 2.34. The van der Waals surface area contributed by atoms with Crippen LogP contribution in [0.1, 0.15) is 10.4 Å². The Morgan fingerprint density at radius 3 is 3.12 bits per heavy atom. The predicted octanol–water partition coefficient (Wildman–Crippen LogP) is 0.841. The fourth-order valence-corrected chi connectivity index (χ4v) is 4.62. The van der Waals surface area contributed by atoms with Gasteiger partial charge in [0.1, 0.15) is 4.83 Å². The number of thioether (sulfide) groups is 1. The highest BCUT2D eigenvalue weighted by molar-refractivity contribution is 7.99. The average molecular weight is 386 g/mol. The highest BCUT2D eigenvalue weighted by Crippen LogP contribution is 2.29. The molecule has 3 aromatic heterocycles. The second kappa shape index (κ2) is 7.18. The molecular weight excluding hydrogens is 370 g/mol. The Bertz CT molecular complexity index is 919. The second-order valence-electron chi connectivity index (χ2n) is 5.29. The number of rotatable bonds is 4. The lowest BCUT2D eigenvalue weighted by Crippen LogP contribution is -2.25. The van der Waals surface area contributed by atoms with Gasteiger partial charge in [-0.05, 0) is 29.0 Å². The van der Waals surface area contributed by atoms with Crippen LogP contribution in [0.3, 0.4) is 0 Å². The van der Waals surface area contributed by atoms with Gasteiger partial charge in [0, 0.05) is 30.8 Å². The van der Waals surface area contributed by atoms with Crippen molar-refractivity contribution in [2.45, 2.75) is 24.7 Å². The summed E-state index contributed by atoms with van der Waals surface area (Å²) in [7, 11) is 1.80. The number of aryl methyl sites for hydroxylation is 2. The Kier molecular flexibility index (Phi) is 5.18. The quantitative estimate of drug-likeness (QED) is 0.665. The Morgan fingerprint density at radius 2 is 2.33 bits per heavy atom. The molecule has 128 valence electrons. The number of fused-ring (bicyclic) bond motifs is 3. The van der Waals surface area contributed by atoms with E-state index in [0.29, 0.717) is 6.54 Å². The van der Waals surface area contributed by atoms with E-state index in [1.165, 1.54) is 22.2 Å². The van der Waals surface area contributed by atoms with Gasteiger partial charge in [-0.3, -0.25) is 9.36 Å². The van der Waals surface area contributed by atoms with Gasteiger partial charge in [-0.25, -0.2) is 9.67 Å². The van der Waals surface area contributed by atoms with Crippen molar-refractivity contribution in [1.29, 1.82) is 0 Å². The van der Waals surface area contributed by atoms with Crippen molar-refractivity contribution in [1.82, 2.24) is 35.1 Å². The van der Waals surface area contributed by atoms with Crippen molar-refractivity contribution >= 4 is 45.7 Å². The summed E-state index contributed by atoms with van der Waals surface area (Å²) in [6.07, 6.45) is 2.55. The maximum Gasteiger partial charge on any atom is 0.262 e. The topological polar surface area (TPSA) is 90.5 Å². The molecule has 3 aromatic rings. The van der Waals surface area contributed by atoms with E-state index in [4.69, 9.17) is 0 Å². The molecule has 11 heteroatoms. The number of nitrogens with one attached hydrogen (secondary N) is 1. The van der Waals surface area contributed by atoms with Crippen LogP contribution >= 0.6 is 35.5 Å². The lowest BCUT2D eigenvalue weighted by molar-refractivity contribution is 0.655. The molecule has 0 amide bonds. The molecule has 0 saturated carbocycles. The van der Waals surface area contributed by atoms with E-state index in [2.05, 4.69) is 25.8 Å². The van der Waals surface area contributed by atoms with Crippen molar-refractivity contribution < 1.29 is 0 Å². The van der Waals surface area contributed by atoms with Gasteiger partial charge in [0.15, 0.2) is 0 Å². The molecular formula is C13H16ClN7OS2. The van der Waals surface area contributed by atoms with E-state index < -0.39 is 0 Å². The van der Waals surface area contributed by atoms with Gasteiger partial charge in [-0.2, -0.15) is 0 Å². The number of halogens is 1. The van der Waals surface area contributed by atoms with Crippen LogP contribution in [0.25, 0.3) is 10.2 Å². The average Bonchev–Trinajstić information content (AvgIpc) is 3.13. The first-order valence-corrected chi connectivity index (χ1v) is 9.10. The molecule has 1 aliphatic rings. The van der Waals surface area contributed by atoms with Crippen LogP contribution in [-0.4, -0.2) is 42.1 Å². The second-order valence-corrected chi connectivity index (χ2v) is 7.43. The highest BCUT2D eigenvalue weighted by Gasteiger charge is 2.19. The van der Waals surface area contributed by atoms with Crippen molar-refractivity contribution in [3.05, 3.63) is 27.1 Å². The SMILES string of the molecule is Cl.Cn1nnnc1SCCn1cnc2sc3c(c2c1=O)CCNC3. The Labute approximate surface area is 152 Å². The van der Waals surface area contributed by atoms with E-state index in [-0.39, 0.29) is 18.0 Å². The first-order valence-electron chi connectivity index (χ1n) is 7.29. The molecule has 0 atom stereocenters. The summed E-state index contributed by atoms with van der Waals surface area (Å²) in [5.74, 6) is 0.717. The third kappa shape index (κ3) is 3.06. The van der Waals surface area contributed by atoms with Gasteiger partial charge < -0.3 is 5.32 Å². The fourth-order valence-electron chi connectivity index (χ4n) is 2.69. The third-order valence-electron chi connectivity index (χ3n) is 3.84. The van der Waals surface area contributed by atoms with Gasteiger partial charge in [-0.15, -0.1) is 28.8 Å². The molecule has 0 fully saturated rings. The molecule has 0 aromatic carbocycles. The zero-order chi connectivity index (χ0) is 15.8. The molecule has 4 heterocycles. The number of thiophene rings is 1. The zero-order valence-corrected chi connectivity index (χ0v) is 15.4. The molecule has 4 rings (SSSR count). The third-order valence-corrected chi connectivity index (χ3v) is 5.97. The molecule has 1 N–H and O–H groups in total. The number of tetrazole rings is 1. The minimum Gasteiger partial charge on any atom is -0.312 e. The van der Waals surface area contributed by atoms with E-state index in [1.807, 2.05) is 0 Å². The number of hydrogen-bond acceptors (Lipinski definition) is 8. The van der Waals surface area contributed by atoms with Crippen molar-refractivity contribution in [3.63, 3.8) is 0 Å².